The Balaban J connectivity index is 1.90. The highest BCUT2D eigenvalue weighted by Crippen LogP contribution is 2.28. The van der Waals surface area contributed by atoms with Gasteiger partial charge in [0.1, 0.15) is 0 Å². The molecule has 21 heavy (non-hydrogen) atoms. The lowest BCUT2D eigenvalue weighted by molar-refractivity contribution is 0.206. The first-order valence-corrected chi connectivity index (χ1v) is 9.01. The molecule has 0 aromatic carbocycles. The van der Waals surface area contributed by atoms with Gasteiger partial charge in [-0.05, 0) is 0 Å². The molecule has 1 saturated heterocycles. The molecule has 1 aliphatic heterocycles. The summed E-state index contributed by atoms with van der Waals surface area (Å²) in [7, 11) is -3.65. The Hall–Kier alpha value is -1.11. The summed E-state index contributed by atoms with van der Waals surface area (Å²) in [6, 6.07) is 0. The van der Waals surface area contributed by atoms with Crippen LogP contribution in [0.25, 0.3) is 4.96 Å². The topological polar surface area (TPSA) is 57.9 Å². The molecule has 6 nitrogen and oxygen atoms in total. The van der Waals surface area contributed by atoms with E-state index in [1.54, 1.807) is 11.6 Å². The summed E-state index contributed by atoms with van der Waals surface area (Å²) in [5.74, 6) is 2.57. The molecule has 2 aromatic heterocycles. The molecular weight excluding hydrogens is 332 g/mol. The van der Waals surface area contributed by atoms with Crippen LogP contribution in [0.2, 0.25) is 5.15 Å². The van der Waals surface area contributed by atoms with E-state index in [0.717, 1.165) is 0 Å². The Kier molecular flexibility index (Phi) is 3.94. The molecule has 3 heterocycles. The van der Waals surface area contributed by atoms with E-state index < -0.39 is 10.0 Å². The highest BCUT2D eigenvalue weighted by atomic mass is 35.5. The first-order chi connectivity index (χ1) is 10.0. The number of aromatic nitrogens is 2. The van der Waals surface area contributed by atoms with E-state index in [0.29, 0.717) is 37.7 Å². The van der Waals surface area contributed by atoms with Crippen LogP contribution in [0.1, 0.15) is 0 Å². The van der Waals surface area contributed by atoms with Crippen molar-refractivity contribution in [2.45, 2.75) is 5.03 Å². The molecule has 0 bridgehead atoms. The van der Waals surface area contributed by atoms with Crippen molar-refractivity contribution in [2.75, 3.05) is 32.7 Å². The van der Waals surface area contributed by atoms with Gasteiger partial charge in [0.25, 0.3) is 10.0 Å². The van der Waals surface area contributed by atoms with Gasteiger partial charge in [-0.3, -0.25) is 9.30 Å². The number of piperazine rings is 1. The Morgan fingerprint density at radius 3 is 2.76 bits per heavy atom. The van der Waals surface area contributed by atoms with Crippen LogP contribution in [0.3, 0.4) is 0 Å². The van der Waals surface area contributed by atoms with Gasteiger partial charge in [-0.1, -0.05) is 17.5 Å². The normalized spacial score (nSPS) is 18.1. The molecule has 9 heteroatoms. The Labute approximate surface area is 132 Å². The SMILES string of the molecule is C#CCN1CCN(S(=O)(=O)c2c(Cl)nc3sccn23)CC1. The van der Waals surface area contributed by atoms with E-state index in [9.17, 15) is 8.42 Å². The Morgan fingerprint density at radius 2 is 2.10 bits per heavy atom. The molecule has 0 atom stereocenters. The molecular formula is C12H13ClN4O2S2. The summed E-state index contributed by atoms with van der Waals surface area (Å²) in [5.41, 5.74) is 0. The number of thiazole rings is 1. The largest absolute Gasteiger partial charge is 0.290 e. The molecule has 112 valence electrons. The zero-order valence-electron chi connectivity index (χ0n) is 11.1. The van der Waals surface area contributed by atoms with Crippen LogP contribution in [0.5, 0.6) is 0 Å². The predicted octanol–water partition coefficient (Wildman–Crippen LogP) is 0.989. The van der Waals surface area contributed by atoms with Gasteiger partial charge in [-0.2, -0.15) is 4.31 Å². The third kappa shape index (κ3) is 2.56. The van der Waals surface area contributed by atoms with Gasteiger partial charge in [0, 0.05) is 37.8 Å². The molecule has 0 N–H and O–H groups in total. The minimum atomic E-state index is -3.65. The fourth-order valence-corrected chi connectivity index (χ4v) is 5.18. The maximum atomic E-state index is 12.8. The van der Waals surface area contributed by atoms with Crippen LogP contribution < -0.4 is 0 Å². The van der Waals surface area contributed by atoms with Crippen molar-refractivity contribution in [2.24, 2.45) is 0 Å². The van der Waals surface area contributed by atoms with Crippen molar-refractivity contribution in [3.63, 3.8) is 0 Å². The van der Waals surface area contributed by atoms with E-state index in [1.165, 1.54) is 20.0 Å². The summed E-state index contributed by atoms with van der Waals surface area (Å²) in [6.45, 7) is 2.57. The van der Waals surface area contributed by atoms with Crippen LogP contribution in [0, 0.1) is 12.3 Å². The highest BCUT2D eigenvalue weighted by molar-refractivity contribution is 7.89. The van der Waals surface area contributed by atoms with Crippen LogP contribution in [-0.2, 0) is 10.0 Å². The zero-order valence-corrected chi connectivity index (χ0v) is 13.5. The molecule has 0 saturated carbocycles. The summed E-state index contributed by atoms with van der Waals surface area (Å²) in [6.07, 6.45) is 6.94. The number of nitrogens with zero attached hydrogens (tertiary/aromatic N) is 4. The average molecular weight is 345 g/mol. The van der Waals surface area contributed by atoms with Gasteiger partial charge in [0.05, 0.1) is 6.54 Å². The van der Waals surface area contributed by atoms with E-state index in [4.69, 9.17) is 18.0 Å². The first-order valence-electron chi connectivity index (χ1n) is 6.31. The second-order valence-electron chi connectivity index (χ2n) is 4.65. The van der Waals surface area contributed by atoms with Crippen LogP contribution in [0.15, 0.2) is 16.6 Å². The van der Waals surface area contributed by atoms with Gasteiger partial charge < -0.3 is 0 Å². The molecule has 0 amide bonds. The molecule has 1 aliphatic rings. The molecule has 3 rings (SSSR count). The first kappa shape index (κ1) is 14.8. The van der Waals surface area contributed by atoms with Crippen LogP contribution in [0.4, 0.5) is 0 Å². The highest BCUT2D eigenvalue weighted by Gasteiger charge is 2.33. The maximum absolute atomic E-state index is 12.8. The number of terminal acetylenes is 1. The standard InChI is InChI=1S/C12H13ClN4O2S2/c1-2-3-15-4-6-16(7-5-15)21(18,19)11-10(13)14-12-17(11)8-9-20-12/h1,8-9H,3-7H2. The minimum absolute atomic E-state index is 0.0212. The molecule has 1 fully saturated rings. The van der Waals surface area contributed by atoms with Gasteiger partial charge in [0.2, 0.25) is 0 Å². The van der Waals surface area contributed by atoms with E-state index in [2.05, 4.69) is 10.9 Å². The van der Waals surface area contributed by atoms with Gasteiger partial charge in [0.15, 0.2) is 15.1 Å². The fourth-order valence-electron chi connectivity index (χ4n) is 2.35. The van der Waals surface area contributed by atoms with Crippen molar-refractivity contribution >= 4 is 37.9 Å². The lowest BCUT2D eigenvalue weighted by Crippen LogP contribution is -2.48. The second-order valence-corrected chi connectivity index (χ2v) is 7.73. The monoisotopic (exact) mass is 344 g/mol. The Bertz CT molecular complexity index is 797. The summed E-state index contributed by atoms with van der Waals surface area (Å²) in [5, 5.41) is 1.85. The van der Waals surface area contributed by atoms with E-state index in [-0.39, 0.29) is 10.2 Å². The molecule has 0 spiro atoms. The predicted molar refractivity (Wildman–Crippen MR) is 82.1 cm³/mol. The molecule has 0 unspecified atom stereocenters. The van der Waals surface area contributed by atoms with Gasteiger partial charge in [-0.25, -0.2) is 13.4 Å². The van der Waals surface area contributed by atoms with Crippen molar-refractivity contribution in [3.8, 4) is 12.3 Å². The lowest BCUT2D eigenvalue weighted by atomic mass is 10.4. The maximum Gasteiger partial charge on any atom is 0.262 e. The lowest BCUT2D eigenvalue weighted by Gasteiger charge is -2.32. The van der Waals surface area contributed by atoms with Gasteiger partial charge in [-0.15, -0.1) is 17.8 Å². The van der Waals surface area contributed by atoms with Crippen LogP contribution in [-0.4, -0.2) is 59.7 Å². The quantitative estimate of drug-likeness (QED) is 0.779. The van der Waals surface area contributed by atoms with E-state index in [1.807, 2.05) is 4.90 Å². The minimum Gasteiger partial charge on any atom is -0.290 e. The third-order valence-electron chi connectivity index (χ3n) is 3.41. The van der Waals surface area contributed by atoms with E-state index >= 15 is 0 Å². The van der Waals surface area contributed by atoms with Crippen molar-refractivity contribution in [3.05, 3.63) is 16.7 Å². The molecule has 0 aliphatic carbocycles. The number of hydrogen-bond acceptors (Lipinski definition) is 5. The molecule has 2 aromatic rings. The van der Waals surface area contributed by atoms with Crippen LogP contribution >= 0.6 is 22.9 Å². The zero-order chi connectivity index (χ0) is 15.0. The second kappa shape index (κ2) is 5.59. The fraction of sp³-hybridized carbons (Fsp3) is 0.417. The number of rotatable bonds is 3. The number of fused-ring (bicyclic) bond motifs is 1. The average Bonchev–Trinajstić information content (AvgIpc) is 2.99. The van der Waals surface area contributed by atoms with Gasteiger partial charge >= 0.3 is 0 Å². The number of halogens is 1. The number of hydrogen-bond donors (Lipinski definition) is 0. The summed E-state index contributed by atoms with van der Waals surface area (Å²) in [4.78, 5) is 6.70. The third-order valence-corrected chi connectivity index (χ3v) is 6.46. The number of imidazole rings is 1. The molecule has 0 radical (unpaired) electrons. The summed E-state index contributed by atoms with van der Waals surface area (Å²) >= 11 is 7.37. The van der Waals surface area contributed by atoms with Crippen molar-refractivity contribution < 1.29 is 8.42 Å². The van der Waals surface area contributed by atoms with Crippen molar-refractivity contribution in [1.29, 1.82) is 0 Å². The Morgan fingerprint density at radius 1 is 1.38 bits per heavy atom. The van der Waals surface area contributed by atoms with Crippen molar-refractivity contribution in [1.82, 2.24) is 18.6 Å². The summed E-state index contributed by atoms with van der Waals surface area (Å²) < 4.78 is 28.5. The number of sulfonamides is 1. The smallest absolute Gasteiger partial charge is 0.262 e.